The highest BCUT2D eigenvalue weighted by atomic mass is 16.4. The predicted molar refractivity (Wildman–Crippen MR) is 90.6 cm³/mol. The Bertz CT molecular complexity index is 458. The van der Waals surface area contributed by atoms with E-state index < -0.39 is 24.0 Å². The molecule has 132 valence electrons. The standard InChI is InChI=1S/C16H30N4O3/c1-5-9(6-2)13(19-8(3)4)12-11(20-16(17)18)7-10(14(12)21)15(22)23/h9-14,19,21H,3,5-7H2,1-2,4H3,(H,22,23)(H4,17,18,20)/t10-,11+,12+,13?,14+/m0/s1. The van der Waals surface area contributed by atoms with Crippen LogP contribution in [0.3, 0.4) is 0 Å². The van der Waals surface area contributed by atoms with Gasteiger partial charge in [-0.2, -0.15) is 0 Å². The average Bonchev–Trinajstić information content (AvgIpc) is 2.74. The number of allylic oxidation sites excluding steroid dienone is 1. The monoisotopic (exact) mass is 326 g/mol. The van der Waals surface area contributed by atoms with Crippen molar-refractivity contribution in [3.8, 4) is 0 Å². The summed E-state index contributed by atoms with van der Waals surface area (Å²) in [5, 5.41) is 23.3. The molecule has 7 heteroatoms. The van der Waals surface area contributed by atoms with Gasteiger partial charge in [-0.15, -0.1) is 0 Å². The number of nitrogens with two attached hydrogens (primary N) is 2. The molecule has 5 atom stereocenters. The van der Waals surface area contributed by atoms with E-state index in [4.69, 9.17) is 11.5 Å². The number of hydrogen-bond donors (Lipinski definition) is 5. The smallest absolute Gasteiger partial charge is 0.309 e. The van der Waals surface area contributed by atoms with Crippen LogP contribution in [0.1, 0.15) is 40.0 Å². The van der Waals surface area contributed by atoms with Crippen LogP contribution >= 0.6 is 0 Å². The van der Waals surface area contributed by atoms with Gasteiger partial charge in [0.1, 0.15) is 0 Å². The van der Waals surface area contributed by atoms with Crippen LogP contribution in [0.5, 0.6) is 0 Å². The Morgan fingerprint density at radius 2 is 1.96 bits per heavy atom. The van der Waals surface area contributed by atoms with Crippen LogP contribution in [0, 0.1) is 17.8 Å². The van der Waals surface area contributed by atoms with Crippen molar-refractivity contribution in [2.75, 3.05) is 0 Å². The lowest BCUT2D eigenvalue weighted by molar-refractivity contribution is -0.145. The first-order chi connectivity index (χ1) is 10.7. The Morgan fingerprint density at radius 1 is 1.39 bits per heavy atom. The van der Waals surface area contributed by atoms with Gasteiger partial charge in [0.15, 0.2) is 5.96 Å². The Hall–Kier alpha value is -1.76. The molecule has 23 heavy (non-hydrogen) atoms. The third-order valence-corrected chi connectivity index (χ3v) is 4.76. The number of carboxylic acid groups (broad SMARTS) is 1. The summed E-state index contributed by atoms with van der Waals surface area (Å²) >= 11 is 0. The number of carbonyl (C=O) groups is 1. The first kappa shape index (κ1) is 19.3. The molecule has 0 saturated heterocycles. The molecule has 0 aromatic heterocycles. The van der Waals surface area contributed by atoms with E-state index in [1.54, 1.807) is 0 Å². The lowest BCUT2D eigenvalue weighted by Gasteiger charge is -2.36. The summed E-state index contributed by atoms with van der Waals surface area (Å²) in [5.74, 6) is -2.08. The molecule has 1 fully saturated rings. The zero-order valence-electron chi connectivity index (χ0n) is 14.2. The van der Waals surface area contributed by atoms with Gasteiger partial charge in [0.25, 0.3) is 0 Å². The van der Waals surface area contributed by atoms with Crippen molar-refractivity contribution >= 4 is 11.9 Å². The topological polar surface area (TPSA) is 134 Å². The molecule has 0 spiro atoms. The van der Waals surface area contributed by atoms with E-state index in [0.29, 0.717) is 0 Å². The second kappa shape index (κ2) is 8.19. The molecule has 1 aliphatic carbocycles. The summed E-state index contributed by atoms with van der Waals surface area (Å²) < 4.78 is 0. The third kappa shape index (κ3) is 4.60. The normalized spacial score (nSPS) is 28.4. The summed E-state index contributed by atoms with van der Waals surface area (Å²) in [7, 11) is 0. The molecular formula is C16H30N4O3. The molecular weight excluding hydrogens is 296 g/mol. The highest BCUT2D eigenvalue weighted by Gasteiger charge is 2.50. The number of guanidine groups is 1. The molecule has 0 bridgehead atoms. The summed E-state index contributed by atoms with van der Waals surface area (Å²) in [6, 6.07) is -0.552. The van der Waals surface area contributed by atoms with Gasteiger partial charge in [0.2, 0.25) is 0 Å². The van der Waals surface area contributed by atoms with Crippen LogP contribution in [0.4, 0.5) is 0 Å². The average molecular weight is 326 g/mol. The van der Waals surface area contributed by atoms with Gasteiger partial charge < -0.3 is 27.0 Å². The van der Waals surface area contributed by atoms with Gasteiger partial charge >= 0.3 is 5.97 Å². The van der Waals surface area contributed by atoms with E-state index >= 15 is 0 Å². The van der Waals surface area contributed by atoms with Crippen LogP contribution in [0.2, 0.25) is 0 Å². The summed E-state index contributed by atoms with van der Waals surface area (Å²) in [6.45, 7) is 9.89. The molecule has 1 unspecified atom stereocenters. The van der Waals surface area contributed by atoms with Crippen LogP contribution in [-0.4, -0.2) is 40.3 Å². The maximum atomic E-state index is 11.4. The fourth-order valence-corrected chi connectivity index (χ4v) is 3.69. The number of aliphatic hydroxyl groups excluding tert-OH is 1. The van der Waals surface area contributed by atoms with Gasteiger partial charge in [0.05, 0.1) is 18.1 Å². The number of aliphatic hydroxyl groups is 1. The number of carboxylic acids is 1. The second-order valence-electron chi connectivity index (χ2n) is 6.40. The number of hydrogen-bond acceptors (Lipinski definition) is 4. The summed E-state index contributed by atoms with van der Waals surface area (Å²) in [5.41, 5.74) is 11.8. The van der Waals surface area contributed by atoms with Gasteiger partial charge in [-0.05, 0) is 19.3 Å². The molecule has 7 N–H and O–H groups in total. The van der Waals surface area contributed by atoms with E-state index in [9.17, 15) is 15.0 Å². The predicted octanol–water partition coefficient (Wildman–Crippen LogP) is 0.638. The van der Waals surface area contributed by atoms with Crippen LogP contribution in [0.15, 0.2) is 17.3 Å². The molecule has 0 radical (unpaired) electrons. The molecule has 0 amide bonds. The van der Waals surface area contributed by atoms with Crippen molar-refractivity contribution in [3.05, 3.63) is 12.3 Å². The molecule has 1 saturated carbocycles. The number of nitrogens with one attached hydrogen (secondary N) is 1. The van der Waals surface area contributed by atoms with Crippen LogP contribution in [-0.2, 0) is 4.79 Å². The summed E-state index contributed by atoms with van der Waals surface area (Å²) in [6.07, 6.45) is 1.03. The number of nitrogens with zero attached hydrogens (tertiary/aromatic N) is 1. The molecule has 7 nitrogen and oxygen atoms in total. The molecule has 1 aliphatic rings. The maximum Gasteiger partial charge on any atom is 0.309 e. The SMILES string of the molecule is C=C(C)NC(C(CC)CC)[C@@H]1[C@H](O)[C@@H](C(=O)O)C[C@H]1N=C(N)N. The van der Waals surface area contributed by atoms with Crippen molar-refractivity contribution in [2.24, 2.45) is 34.2 Å². The highest BCUT2D eigenvalue weighted by molar-refractivity contribution is 5.76. The Morgan fingerprint density at radius 3 is 2.35 bits per heavy atom. The highest BCUT2D eigenvalue weighted by Crippen LogP contribution is 2.39. The zero-order valence-corrected chi connectivity index (χ0v) is 14.2. The van der Waals surface area contributed by atoms with Gasteiger partial charge in [0, 0.05) is 17.7 Å². The molecule has 0 heterocycles. The zero-order chi connectivity index (χ0) is 17.7. The number of aliphatic carboxylic acids is 1. The van der Waals surface area contributed by atoms with E-state index in [2.05, 4.69) is 30.7 Å². The quantitative estimate of drug-likeness (QED) is 0.328. The molecule has 1 rings (SSSR count). The maximum absolute atomic E-state index is 11.4. The van der Waals surface area contributed by atoms with E-state index in [-0.39, 0.29) is 30.3 Å². The molecule has 0 aliphatic heterocycles. The van der Waals surface area contributed by atoms with Crippen LogP contribution < -0.4 is 16.8 Å². The molecule has 0 aromatic carbocycles. The Balaban J connectivity index is 3.23. The minimum Gasteiger partial charge on any atom is -0.481 e. The van der Waals surface area contributed by atoms with Gasteiger partial charge in [-0.25, -0.2) is 4.99 Å². The fraction of sp³-hybridized carbons (Fsp3) is 0.750. The second-order valence-corrected chi connectivity index (χ2v) is 6.40. The first-order valence-corrected chi connectivity index (χ1v) is 8.14. The van der Waals surface area contributed by atoms with Crippen molar-refractivity contribution in [1.82, 2.24) is 5.32 Å². The van der Waals surface area contributed by atoms with Crippen molar-refractivity contribution in [2.45, 2.75) is 58.2 Å². The minimum absolute atomic E-state index is 0.0862. The number of aliphatic imine (C=N–C) groups is 1. The number of rotatable bonds is 8. The van der Waals surface area contributed by atoms with E-state index in [1.165, 1.54) is 0 Å². The lowest BCUT2D eigenvalue weighted by Crippen LogP contribution is -2.48. The van der Waals surface area contributed by atoms with Crippen LogP contribution in [0.25, 0.3) is 0 Å². The van der Waals surface area contributed by atoms with Crippen molar-refractivity contribution in [1.29, 1.82) is 0 Å². The van der Waals surface area contributed by atoms with E-state index in [1.807, 2.05) is 6.92 Å². The fourth-order valence-electron chi connectivity index (χ4n) is 3.69. The third-order valence-electron chi connectivity index (χ3n) is 4.76. The largest absolute Gasteiger partial charge is 0.481 e. The van der Waals surface area contributed by atoms with Crippen molar-refractivity contribution < 1.29 is 15.0 Å². The molecule has 0 aromatic rings. The lowest BCUT2D eigenvalue weighted by atomic mass is 9.80. The van der Waals surface area contributed by atoms with E-state index in [0.717, 1.165) is 18.5 Å². The Kier molecular flexibility index (Phi) is 6.87. The first-order valence-electron chi connectivity index (χ1n) is 8.14. The Labute approximate surface area is 137 Å². The minimum atomic E-state index is -1.02. The van der Waals surface area contributed by atoms with Gasteiger partial charge in [-0.3, -0.25) is 4.79 Å². The van der Waals surface area contributed by atoms with Gasteiger partial charge in [-0.1, -0.05) is 33.3 Å². The van der Waals surface area contributed by atoms with Crippen molar-refractivity contribution in [3.63, 3.8) is 0 Å². The summed E-state index contributed by atoms with van der Waals surface area (Å²) in [4.78, 5) is 15.6.